The molecule has 4 nitrogen and oxygen atoms in total. The molecule has 1 N–H and O–H groups in total. The summed E-state index contributed by atoms with van der Waals surface area (Å²) in [5.41, 5.74) is 2.32. The van der Waals surface area contributed by atoms with Crippen molar-refractivity contribution in [1.82, 2.24) is 15.2 Å². The van der Waals surface area contributed by atoms with Gasteiger partial charge in [-0.1, -0.05) is 20.8 Å². The predicted molar refractivity (Wildman–Crippen MR) is 106 cm³/mol. The third-order valence-electron chi connectivity index (χ3n) is 4.80. The van der Waals surface area contributed by atoms with Crippen molar-refractivity contribution in [2.45, 2.75) is 64.9 Å². The average Bonchev–Trinajstić information content (AvgIpc) is 2.48. The first-order chi connectivity index (χ1) is 11.1. The third-order valence-corrected chi connectivity index (χ3v) is 9.28. The highest BCUT2D eigenvalue weighted by molar-refractivity contribution is 6.74. The molecule has 0 spiro atoms. The summed E-state index contributed by atoms with van der Waals surface area (Å²) in [5, 5.41) is 3.73. The van der Waals surface area contributed by atoms with E-state index in [9.17, 15) is 0 Å². The highest BCUT2D eigenvalue weighted by Crippen LogP contribution is 2.37. The Morgan fingerprint density at radius 1 is 1.21 bits per heavy atom. The number of pyridine rings is 1. The molecule has 0 fully saturated rings. The zero-order valence-corrected chi connectivity index (χ0v) is 17.8. The number of nitrogens with zero attached hydrogens (tertiary/aromatic N) is 2. The van der Waals surface area contributed by atoms with Crippen LogP contribution in [0.3, 0.4) is 0 Å². The molecule has 0 bridgehead atoms. The van der Waals surface area contributed by atoms with Crippen molar-refractivity contribution in [3.05, 3.63) is 29.6 Å². The monoisotopic (exact) mass is 351 g/mol. The van der Waals surface area contributed by atoms with E-state index < -0.39 is 8.32 Å². The predicted octanol–water partition coefficient (Wildman–Crippen LogP) is 4.03. The molecular weight excluding hydrogens is 314 g/mol. The first-order valence-electron chi connectivity index (χ1n) is 9.05. The average molecular weight is 352 g/mol. The van der Waals surface area contributed by atoms with E-state index in [1.807, 2.05) is 6.20 Å². The minimum atomic E-state index is -1.69. The minimum Gasteiger partial charge on any atom is -0.413 e. The van der Waals surface area contributed by atoms with Crippen LogP contribution in [-0.2, 0) is 17.6 Å². The Bertz CT molecular complexity index is 484. The molecule has 0 saturated carbocycles. The van der Waals surface area contributed by atoms with Gasteiger partial charge in [0.1, 0.15) is 0 Å². The zero-order valence-electron chi connectivity index (χ0n) is 16.8. The molecule has 0 aliphatic rings. The standard InChI is InChI=1S/C19H37N3OSi/c1-19(2,3)24(6,7)23-16-17-10-12-21-18(14-17)15-20-11-8-9-13-22(4)5/h10,12,14,20H,8-9,11,13,15-16H2,1-7H3. The smallest absolute Gasteiger partial charge is 0.192 e. The van der Waals surface area contributed by atoms with Crippen molar-refractivity contribution >= 4 is 8.32 Å². The maximum atomic E-state index is 6.30. The second kappa shape index (κ2) is 9.66. The van der Waals surface area contributed by atoms with Crippen LogP contribution in [0.15, 0.2) is 18.3 Å². The Morgan fingerprint density at radius 3 is 2.54 bits per heavy atom. The van der Waals surface area contributed by atoms with Gasteiger partial charge in [0, 0.05) is 12.7 Å². The molecule has 24 heavy (non-hydrogen) atoms. The third kappa shape index (κ3) is 7.88. The van der Waals surface area contributed by atoms with E-state index in [2.05, 4.69) is 75.3 Å². The number of rotatable bonds is 10. The molecule has 0 radical (unpaired) electrons. The normalized spacial score (nSPS) is 12.8. The van der Waals surface area contributed by atoms with E-state index in [0.29, 0.717) is 6.61 Å². The van der Waals surface area contributed by atoms with Gasteiger partial charge in [0.25, 0.3) is 0 Å². The molecule has 0 aliphatic carbocycles. The molecule has 0 aromatic carbocycles. The lowest BCUT2D eigenvalue weighted by atomic mass is 10.2. The van der Waals surface area contributed by atoms with E-state index in [4.69, 9.17) is 4.43 Å². The van der Waals surface area contributed by atoms with Gasteiger partial charge in [-0.05, 0) is 75.9 Å². The van der Waals surface area contributed by atoms with Gasteiger partial charge in [0.15, 0.2) is 8.32 Å². The van der Waals surface area contributed by atoms with E-state index in [1.165, 1.54) is 18.4 Å². The van der Waals surface area contributed by atoms with Crippen LogP contribution in [0, 0.1) is 0 Å². The van der Waals surface area contributed by atoms with Crippen LogP contribution in [0.4, 0.5) is 0 Å². The van der Waals surface area contributed by atoms with E-state index in [0.717, 1.165) is 25.3 Å². The fraction of sp³-hybridized carbons (Fsp3) is 0.737. The number of hydrogen-bond acceptors (Lipinski definition) is 4. The molecule has 1 rings (SSSR count). The van der Waals surface area contributed by atoms with E-state index in [1.54, 1.807) is 0 Å². The number of aromatic nitrogens is 1. The molecule has 138 valence electrons. The summed E-state index contributed by atoms with van der Waals surface area (Å²) in [7, 11) is 2.54. The van der Waals surface area contributed by atoms with Crippen LogP contribution in [0.2, 0.25) is 18.1 Å². The molecule has 0 unspecified atom stereocenters. The highest BCUT2D eigenvalue weighted by atomic mass is 28.4. The van der Waals surface area contributed by atoms with E-state index >= 15 is 0 Å². The van der Waals surface area contributed by atoms with Crippen molar-refractivity contribution in [1.29, 1.82) is 0 Å². The van der Waals surface area contributed by atoms with Crippen molar-refractivity contribution in [3.8, 4) is 0 Å². The SMILES string of the molecule is CN(C)CCCCNCc1cc(CO[Si](C)(C)C(C)(C)C)ccn1. The Morgan fingerprint density at radius 2 is 1.92 bits per heavy atom. The Labute approximate surface area is 150 Å². The first kappa shape index (κ1) is 21.3. The van der Waals surface area contributed by atoms with Crippen molar-refractivity contribution in [2.24, 2.45) is 0 Å². The summed E-state index contributed by atoms with van der Waals surface area (Å²) in [4.78, 5) is 6.69. The minimum absolute atomic E-state index is 0.247. The van der Waals surface area contributed by atoms with Gasteiger partial charge in [-0.2, -0.15) is 0 Å². The van der Waals surface area contributed by atoms with Gasteiger partial charge in [-0.3, -0.25) is 4.98 Å². The topological polar surface area (TPSA) is 37.4 Å². The summed E-state index contributed by atoms with van der Waals surface area (Å²) in [6, 6.07) is 4.23. The van der Waals surface area contributed by atoms with Crippen LogP contribution >= 0.6 is 0 Å². The molecule has 5 heteroatoms. The Kier molecular flexibility index (Phi) is 8.57. The molecular formula is C19H37N3OSi. The molecule has 1 aromatic heterocycles. The molecule has 0 aliphatic heterocycles. The molecule has 0 atom stereocenters. The fourth-order valence-corrected chi connectivity index (χ4v) is 3.05. The molecule has 1 heterocycles. The largest absolute Gasteiger partial charge is 0.413 e. The lowest BCUT2D eigenvalue weighted by Crippen LogP contribution is -2.40. The molecule has 0 saturated heterocycles. The zero-order chi connectivity index (χ0) is 18.2. The van der Waals surface area contributed by atoms with Crippen molar-refractivity contribution < 1.29 is 4.43 Å². The van der Waals surface area contributed by atoms with Gasteiger partial charge >= 0.3 is 0 Å². The van der Waals surface area contributed by atoms with E-state index in [-0.39, 0.29) is 5.04 Å². The van der Waals surface area contributed by atoms with Gasteiger partial charge < -0.3 is 14.6 Å². The maximum Gasteiger partial charge on any atom is 0.192 e. The van der Waals surface area contributed by atoms with Gasteiger partial charge in [0.2, 0.25) is 0 Å². The van der Waals surface area contributed by atoms with Gasteiger partial charge in [-0.25, -0.2) is 0 Å². The summed E-state index contributed by atoms with van der Waals surface area (Å²) in [5.74, 6) is 0. The van der Waals surface area contributed by atoms with Crippen LogP contribution in [0.25, 0.3) is 0 Å². The lowest BCUT2D eigenvalue weighted by molar-refractivity contribution is 0.276. The van der Waals surface area contributed by atoms with Crippen LogP contribution in [-0.4, -0.2) is 45.4 Å². The summed E-state index contributed by atoms with van der Waals surface area (Å²) in [6.07, 6.45) is 4.33. The Hall–Kier alpha value is -0.753. The van der Waals surface area contributed by atoms with Gasteiger partial charge in [-0.15, -0.1) is 0 Å². The summed E-state index contributed by atoms with van der Waals surface area (Å²) >= 11 is 0. The number of nitrogens with one attached hydrogen (secondary N) is 1. The lowest BCUT2D eigenvalue weighted by Gasteiger charge is -2.36. The summed E-state index contributed by atoms with van der Waals surface area (Å²) in [6.45, 7) is 15.1. The summed E-state index contributed by atoms with van der Waals surface area (Å²) < 4.78 is 6.30. The quantitative estimate of drug-likeness (QED) is 0.510. The fourth-order valence-electron chi connectivity index (χ4n) is 2.09. The van der Waals surface area contributed by atoms with Crippen LogP contribution in [0.1, 0.15) is 44.9 Å². The van der Waals surface area contributed by atoms with Gasteiger partial charge in [0.05, 0.1) is 12.3 Å². The van der Waals surface area contributed by atoms with Crippen molar-refractivity contribution in [2.75, 3.05) is 27.2 Å². The van der Waals surface area contributed by atoms with Crippen molar-refractivity contribution in [3.63, 3.8) is 0 Å². The van der Waals surface area contributed by atoms with Crippen LogP contribution in [0.5, 0.6) is 0 Å². The number of hydrogen-bond donors (Lipinski definition) is 1. The second-order valence-electron chi connectivity index (χ2n) is 8.39. The Balaban J connectivity index is 2.39. The highest BCUT2D eigenvalue weighted by Gasteiger charge is 2.36. The first-order valence-corrected chi connectivity index (χ1v) is 12.0. The molecule has 0 amide bonds. The second-order valence-corrected chi connectivity index (χ2v) is 13.2. The molecule has 1 aromatic rings. The van der Waals surface area contributed by atoms with Crippen LogP contribution < -0.4 is 5.32 Å². The number of unbranched alkanes of at least 4 members (excludes halogenated alkanes) is 1. The maximum absolute atomic E-state index is 6.30.